The van der Waals surface area contributed by atoms with E-state index < -0.39 is 0 Å². The van der Waals surface area contributed by atoms with Crippen LogP contribution >= 0.6 is 0 Å². The summed E-state index contributed by atoms with van der Waals surface area (Å²) in [6.45, 7) is 5.76. The maximum atomic E-state index is 13.1. The first-order valence-corrected chi connectivity index (χ1v) is 11.5. The van der Waals surface area contributed by atoms with E-state index in [4.69, 9.17) is 4.98 Å². The van der Waals surface area contributed by atoms with Crippen molar-refractivity contribution in [1.29, 1.82) is 0 Å². The number of piperidine rings is 1. The minimum atomic E-state index is 0.178. The zero-order valence-corrected chi connectivity index (χ0v) is 17.4. The van der Waals surface area contributed by atoms with Gasteiger partial charge in [-0.15, -0.1) is 0 Å². The van der Waals surface area contributed by atoms with Crippen molar-refractivity contribution in [3.05, 3.63) is 24.3 Å². The smallest absolute Gasteiger partial charge is 0.225 e. The molecule has 2 saturated heterocycles. The summed E-state index contributed by atoms with van der Waals surface area (Å²) in [7, 11) is 0. The van der Waals surface area contributed by atoms with Crippen molar-refractivity contribution in [3.8, 4) is 0 Å². The van der Waals surface area contributed by atoms with Gasteiger partial charge >= 0.3 is 0 Å². The average Bonchev–Trinajstić information content (AvgIpc) is 3.24. The summed E-state index contributed by atoms with van der Waals surface area (Å²) in [5, 5.41) is 0. The van der Waals surface area contributed by atoms with E-state index in [2.05, 4.69) is 25.8 Å². The third kappa shape index (κ3) is 4.00. The zero-order valence-electron chi connectivity index (χ0n) is 17.4. The van der Waals surface area contributed by atoms with Crippen LogP contribution < -0.4 is 4.90 Å². The molecule has 2 aliphatic heterocycles. The summed E-state index contributed by atoms with van der Waals surface area (Å²) in [5.41, 5.74) is 2.09. The minimum absolute atomic E-state index is 0.178. The maximum Gasteiger partial charge on any atom is 0.225 e. The fourth-order valence-electron chi connectivity index (χ4n) is 5.44. The number of aromatic nitrogens is 2. The van der Waals surface area contributed by atoms with Crippen molar-refractivity contribution >= 4 is 22.9 Å². The molecule has 156 valence electrons. The lowest BCUT2D eigenvalue weighted by atomic mass is 9.93. The van der Waals surface area contributed by atoms with Crippen LogP contribution in [-0.2, 0) is 4.79 Å². The van der Waals surface area contributed by atoms with Crippen molar-refractivity contribution < 1.29 is 4.79 Å². The van der Waals surface area contributed by atoms with Crippen LogP contribution in [0.15, 0.2) is 24.3 Å². The first-order chi connectivity index (χ1) is 14.3. The Morgan fingerprint density at radius 2 is 1.62 bits per heavy atom. The molecular weight excluding hydrogens is 362 g/mol. The van der Waals surface area contributed by atoms with Crippen LogP contribution in [0, 0.1) is 5.92 Å². The molecule has 0 radical (unpaired) electrons. The Labute approximate surface area is 173 Å². The molecule has 3 fully saturated rings. The molecular formula is C23H33N5O. The minimum Gasteiger partial charge on any atom is -0.342 e. The SMILES string of the molecule is O=C(C1CCN(c2nc3ccccc3[nH]2)CC1)N1CCN(C2CCCCC2)CC1. The van der Waals surface area contributed by atoms with Crippen LogP contribution in [0.5, 0.6) is 0 Å². The number of nitrogens with one attached hydrogen (secondary N) is 1. The molecule has 1 aromatic heterocycles. The Kier molecular flexibility index (Phi) is 5.44. The molecule has 0 unspecified atom stereocenters. The number of benzene rings is 1. The summed E-state index contributed by atoms with van der Waals surface area (Å²) in [4.78, 5) is 28.3. The summed E-state index contributed by atoms with van der Waals surface area (Å²) in [5.74, 6) is 1.51. The van der Waals surface area contributed by atoms with Gasteiger partial charge in [-0.05, 0) is 37.8 Å². The molecule has 1 amide bonds. The van der Waals surface area contributed by atoms with Crippen molar-refractivity contribution in [3.63, 3.8) is 0 Å². The molecule has 0 atom stereocenters. The highest BCUT2D eigenvalue weighted by Gasteiger charge is 2.32. The molecule has 1 saturated carbocycles. The Morgan fingerprint density at radius 3 is 2.34 bits per heavy atom. The molecule has 1 aromatic carbocycles. The summed E-state index contributed by atoms with van der Waals surface area (Å²) in [6, 6.07) is 8.93. The van der Waals surface area contributed by atoms with Gasteiger partial charge in [-0.3, -0.25) is 9.69 Å². The molecule has 2 aromatic rings. The highest BCUT2D eigenvalue weighted by atomic mass is 16.2. The lowest BCUT2D eigenvalue weighted by molar-refractivity contribution is -0.138. The number of aromatic amines is 1. The quantitative estimate of drug-likeness (QED) is 0.867. The highest BCUT2D eigenvalue weighted by molar-refractivity contribution is 5.80. The predicted octanol–water partition coefficient (Wildman–Crippen LogP) is 3.26. The van der Waals surface area contributed by atoms with Gasteiger partial charge in [-0.2, -0.15) is 0 Å². The monoisotopic (exact) mass is 395 g/mol. The van der Waals surface area contributed by atoms with E-state index >= 15 is 0 Å². The Hall–Kier alpha value is -2.08. The summed E-state index contributed by atoms with van der Waals surface area (Å²) < 4.78 is 0. The van der Waals surface area contributed by atoms with E-state index in [-0.39, 0.29) is 5.92 Å². The number of H-pyrrole nitrogens is 1. The first kappa shape index (κ1) is 18.9. The van der Waals surface area contributed by atoms with Crippen molar-refractivity contribution in [2.24, 2.45) is 5.92 Å². The second kappa shape index (κ2) is 8.34. The number of carbonyl (C=O) groups is 1. The molecule has 5 rings (SSSR count). The third-order valence-corrected chi connectivity index (χ3v) is 7.24. The number of carbonyl (C=O) groups excluding carboxylic acids is 1. The van der Waals surface area contributed by atoms with Crippen LogP contribution in [0.3, 0.4) is 0 Å². The normalized spacial score (nSPS) is 23.0. The number of hydrogen-bond acceptors (Lipinski definition) is 4. The van der Waals surface area contributed by atoms with Gasteiger partial charge < -0.3 is 14.8 Å². The number of rotatable bonds is 3. The van der Waals surface area contributed by atoms with Crippen LogP contribution in [0.2, 0.25) is 0 Å². The first-order valence-electron chi connectivity index (χ1n) is 11.5. The summed E-state index contributed by atoms with van der Waals surface area (Å²) >= 11 is 0. The van der Waals surface area contributed by atoms with Crippen LogP contribution in [0.1, 0.15) is 44.9 Å². The summed E-state index contributed by atoms with van der Waals surface area (Å²) in [6.07, 6.45) is 8.74. The second-order valence-corrected chi connectivity index (χ2v) is 8.99. The third-order valence-electron chi connectivity index (χ3n) is 7.24. The molecule has 6 nitrogen and oxygen atoms in total. The molecule has 0 spiro atoms. The van der Waals surface area contributed by atoms with E-state index in [0.29, 0.717) is 5.91 Å². The van der Waals surface area contributed by atoms with Gasteiger partial charge in [0, 0.05) is 51.2 Å². The number of amides is 1. The highest BCUT2D eigenvalue weighted by Crippen LogP contribution is 2.27. The molecule has 3 heterocycles. The van der Waals surface area contributed by atoms with Crippen LogP contribution in [0.4, 0.5) is 5.95 Å². The molecule has 1 aliphatic carbocycles. The Bertz CT molecular complexity index is 794. The maximum absolute atomic E-state index is 13.1. The fourth-order valence-corrected chi connectivity index (χ4v) is 5.44. The number of fused-ring (bicyclic) bond motifs is 1. The van der Waals surface area contributed by atoms with Gasteiger partial charge in [0.15, 0.2) is 0 Å². The van der Waals surface area contributed by atoms with Crippen molar-refractivity contribution in [1.82, 2.24) is 19.8 Å². The van der Waals surface area contributed by atoms with E-state index in [9.17, 15) is 4.79 Å². The lowest BCUT2D eigenvalue weighted by Gasteiger charge is -2.42. The van der Waals surface area contributed by atoms with Gasteiger partial charge in [0.25, 0.3) is 0 Å². The topological polar surface area (TPSA) is 55.5 Å². The average molecular weight is 396 g/mol. The molecule has 3 aliphatic rings. The molecule has 1 N–H and O–H groups in total. The molecule has 0 bridgehead atoms. The lowest BCUT2D eigenvalue weighted by Crippen LogP contribution is -2.54. The van der Waals surface area contributed by atoms with Crippen LogP contribution in [-0.4, -0.2) is 71.0 Å². The largest absolute Gasteiger partial charge is 0.342 e. The number of piperazine rings is 1. The van der Waals surface area contributed by atoms with Crippen molar-refractivity contribution in [2.45, 2.75) is 51.0 Å². The molecule has 6 heteroatoms. The van der Waals surface area contributed by atoms with Gasteiger partial charge in [-0.1, -0.05) is 31.4 Å². The van der Waals surface area contributed by atoms with E-state index in [1.165, 1.54) is 32.1 Å². The van der Waals surface area contributed by atoms with Gasteiger partial charge in [-0.25, -0.2) is 4.98 Å². The number of para-hydroxylation sites is 2. The van der Waals surface area contributed by atoms with E-state index in [1.807, 2.05) is 18.2 Å². The van der Waals surface area contributed by atoms with E-state index in [1.54, 1.807) is 0 Å². The number of hydrogen-bond donors (Lipinski definition) is 1. The van der Waals surface area contributed by atoms with Gasteiger partial charge in [0.1, 0.15) is 0 Å². The standard InChI is InChI=1S/C23H33N5O/c29-22(27-16-14-26(15-17-27)19-6-2-1-3-7-19)18-10-12-28(13-11-18)23-24-20-8-4-5-9-21(20)25-23/h4-5,8-9,18-19H,1-3,6-7,10-17H2,(H,24,25). The second-order valence-electron chi connectivity index (χ2n) is 8.99. The van der Waals surface area contributed by atoms with Gasteiger partial charge in [0.2, 0.25) is 11.9 Å². The Morgan fingerprint density at radius 1 is 0.897 bits per heavy atom. The van der Waals surface area contributed by atoms with Gasteiger partial charge in [0.05, 0.1) is 11.0 Å². The molecule has 29 heavy (non-hydrogen) atoms. The van der Waals surface area contributed by atoms with E-state index in [0.717, 1.165) is 75.1 Å². The fraction of sp³-hybridized carbons (Fsp3) is 0.652. The predicted molar refractivity (Wildman–Crippen MR) is 116 cm³/mol. The number of imidazole rings is 1. The Balaban J connectivity index is 1.12. The van der Waals surface area contributed by atoms with Crippen LogP contribution in [0.25, 0.3) is 11.0 Å². The number of nitrogens with zero attached hydrogens (tertiary/aromatic N) is 4. The number of anilines is 1. The zero-order chi connectivity index (χ0) is 19.6. The van der Waals surface area contributed by atoms with Crippen molar-refractivity contribution in [2.75, 3.05) is 44.2 Å².